The summed E-state index contributed by atoms with van der Waals surface area (Å²) < 4.78 is 5.42. The van der Waals surface area contributed by atoms with Gasteiger partial charge >= 0.3 is 0 Å². The van der Waals surface area contributed by atoms with Gasteiger partial charge in [0.25, 0.3) is 5.91 Å². The number of hydrogen-bond acceptors (Lipinski definition) is 3. The zero-order valence-corrected chi connectivity index (χ0v) is 11.3. The summed E-state index contributed by atoms with van der Waals surface area (Å²) in [4.78, 5) is 11.6. The maximum atomic E-state index is 11.6. The van der Waals surface area contributed by atoms with E-state index >= 15 is 0 Å². The van der Waals surface area contributed by atoms with Crippen LogP contribution in [0.15, 0.2) is 24.3 Å². The van der Waals surface area contributed by atoms with E-state index in [9.17, 15) is 9.90 Å². The number of nitrogens with one attached hydrogen (secondary N) is 1. The summed E-state index contributed by atoms with van der Waals surface area (Å²) in [6.45, 7) is 2.48. The molecule has 0 bridgehead atoms. The predicted octanol–water partition coefficient (Wildman–Crippen LogP) is 2.03. The van der Waals surface area contributed by atoms with Crippen LogP contribution in [-0.2, 0) is 4.79 Å². The van der Waals surface area contributed by atoms with Crippen molar-refractivity contribution in [1.82, 2.24) is 5.32 Å². The first kappa shape index (κ1) is 13.9. The molecule has 0 radical (unpaired) electrons. The molecule has 0 aliphatic heterocycles. The largest absolute Gasteiger partial charge is 0.484 e. The van der Waals surface area contributed by atoms with Crippen LogP contribution in [0, 0.1) is 5.92 Å². The maximum absolute atomic E-state index is 11.6. The van der Waals surface area contributed by atoms with Gasteiger partial charge in [-0.2, -0.15) is 0 Å². The summed E-state index contributed by atoms with van der Waals surface area (Å²) in [6.07, 6.45) is 3.19. The van der Waals surface area contributed by atoms with E-state index in [1.54, 1.807) is 19.1 Å². The molecule has 4 heteroatoms. The van der Waals surface area contributed by atoms with Gasteiger partial charge in [0, 0.05) is 6.54 Å². The summed E-state index contributed by atoms with van der Waals surface area (Å²) in [6, 6.07) is 7.17. The number of aliphatic hydroxyl groups is 1. The minimum Gasteiger partial charge on any atom is -0.484 e. The van der Waals surface area contributed by atoms with Gasteiger partial charge in [-0.25, -0.2) is 0 Å². The first-order valence-corrected chi connectivity index (χ1v) is 6.82. The molecular weight excluding hydrogens is 242 g/mol. The number of ether oxygens (including phenoxy) is 1. The van der Waals surface area contributed by atoms with Crippen molar-refractivity contribution in [2.75, 3.05) is 13.2 Å². The predicted molar refractivity (Wildman–Crippen MR) is 72.9 cm³/mol. The lowest BCUT2D eigenvalue weighted by Crippen LogP contribution is -2.35. The maximum Gasteiger partial charge on any atom is 0.257 e. The first-order valence-electron chi connectivity index (χ1n) is 6.82. The summed E-state index contributed by atoms with van der Waals surface area (Å²) in [5.41, 5.74) is 0.785. The molecule has 104 valence electrons. The van der Waals surface area contributed by atoms with E-state index in [1.165, 1.54) is 19.3 Å². The molecule has 0 heterocycles. The third-order valence-electron chi connectivity index (χ3n) is 3.52. The van der Waals surface area contributed by atoms with E-state index < -0.39 is 6.10 Å². The zero-order valence-electron chi connectivity index (χ0n) is 11.3. The average molecular weight is 263 g/mol. The molecule has 2 rings (SSSR count). The highest BCUT2D eigenvalue weighted by atomic mass is 16.5. The Balaban J connectivity index is 1.74. The molecule has 1 fully saturated rings. The molecule has 4 nitrogen and oxygen atoms in total. The van der Waals surface area contributed by atoms with Crippen molar-refractivity contribution in [3.05, 3.63) is 29.8 Å². The van der Waals surface area contributed by atoms with Gasteiger partial charge in [-0.3, -0.25) is 4.79 Å². The highest BCUT2D eigenvalue weighted by molar-refractivity contribution is 5.77. The Morgan fingerprint density at radius 1 is 1.53 bits per heavy atom. The van der Waals surface area contributed by atoms with Crippen LogP contribution in [0.4, 0.5) is 0 Å². The fourth-order valence-corrected chi connectivity index (χ4v) is 2.02. The number of amides is 1. The number of rotatable bonds is 6. The molecule has 1 saturated carbocycles. The molecule has 0 saturated heterocycles. The second-order valence-corrected chi connectivity index (χ2v) is 5.14. The van der Waals surface area contributed by atoms with Crippen molar-refractivity contribution in [2.45, 2.75) is 32.3 Å². The lowest BCUT2D eigenvalue weighted by molar-refractivity contribution is -0.123. The van der Waals surface area contributed by atoms with Crippen LogP contribution in [0.3, 0.4) is 0 Å². The summed E-state index contributed by atoms with van der Waals surface area (Å²) >= 11 is 0. The highest BCUT2D eigenvalue weighted by Gasteiger charge is 2.17. The third-order valence-corrected chi connectivity index (χ3v) is 3.52. The van der Waals surface area contributed by atoms with Crippen LogP contribution in [0.5, 0.6) is 5.75 Å². The topological polar surface area (TPSA) is 58.6 Å². The summed E-state index contributed by atoms with van der Waals surface area (Å²) in [5.74, 6) is 1.18. The lowest BCUT2D eigenvalue weighted by Gasteiger charge is -2.25. The van der Waals surface area contributed by atoms with Crippen LogP contribution in [-0.4, -0.2) is 24.2 Å². The van der Waals surface area contributed by atoms with Gasteiger partial charge in [-0.05, 0) is 43.4 Å². The molecule has 1 aromatic rings. The van der Waals surface area contributed by atoms with Gasteiger partial charge in [-0.15, -0.1) is 0 Å². The summed E-state index contributed by atoms with van der Waals surface area (Å²) in [7, 11) is 0. The normalized spacial score (nSPS) is 16.5. The summed E-state index contributed by atoms with van der Waals surface area (Å²) in [5, 5.41) is 12.3. The van der Waals surface area contributed by atoms with E-state index in [4.69, 9.17) is 4.74 Å². The van der Waals surface area contributed by atoms with E-state index in [1.807, 2.05) is 12.1 Å². The van der Waals surface area contributed by atoms with Crippen LogP contribution in [0.25, 0.3) is 0 Å². The fraction of sp³-hybridized carbons (Fsp3) is 0.533. The molecule has 1 aliphatic rings. The van der Waals surface area contributed by atoms with Gasteiger partial charge in [0.05, 0.1) is 6.10 Å². The van der Waals surface area contributed by atoms with Gasteiger partial charge in [0.1, 0.15) is 5.75 Å². The average Bonchev–Trinajstić information content (AvgIpc) is 2.35. The first-order chi connectivity index (χ1) is 9.15. The Labute approximate surface area is 113 Å². The number of aliphatic hydroxyl groups excluding tert-OH is 1. The van der Waals surface area contributed by atoms with E-state index in [2.05, 4.69) is 5.32 Å². The molecule has 2 N–H and O–H groups in total. The Kier molecular flexibility index (Phi) is 4.80. The Morgan fingerprint density at radius 2 is 2.32 bits per heavy atom. The molecule has 0 aromatic heterocycles. The Bertz CT molecular complexity index is 427. The molecular formula is C15H21NO3. The minimum absolute atomic E-state index is 0.0238. The van der Waals surface area contributed by atoms with E-state index in [0.29, 0.717) is 11.7 Å². The van der Waals surface area contributed by atoms with Crippen molar-refractivity contribution >= 4 is 5.91 Å². The van der Waals surface area contributed by atoms with Crippen LogP contribution in [0.1, 0.15) is 37.9 Å². The van der Waals surface area contributed by atoms with Crippen molar-refractivity contribution in [2.24, 2.45) is 5.92 Å². The van der Waals surface area contributed by atoms with Gasteiger partial charge in [-0.1, -0.05) is 18.6 Å². The zero-order chi connectivity index (χ0) is 13.7. The third kappa shape index (κ3) is 4.24. The molecule has 0 spiro atoms. The van der Waals surface area contributed by atoms with Gasteiger partial charge < -0.3 is 15.2 Å². The molecule has 1 aromatic carbocycles. The molecule has 1 aliphatic carbocycles. The monoisotopic (exact) mass is 263 g/mol. The highest BCUT2D eigenvalue weighted by Crippen LogP contribution is 2.25. The number of carbonyl (C=O) groups is 1. The second-order valence-electron chi connectivity index (χ2n) is 5.14. The van der Waals surface area contributed by atoms with Crippen molar-refractivity contribution < 1.29 is 14.6 Å². The van der Waals surface area contributed by atoms with E-state index in [-0.39, 0.29) is 12.5 Å². The SMILES string of the molecule is C[C@@H](O)c1cccc(OCC(=O)NCC2CCC2)c1. The van der Waals surface area contributed by atoms with Crippen LogP contribution < -0.4 is 10.1 Å². The number of hydrogen-bond donors (Lipinski definition) is 2. The van der Waals surface area contributed by atoms with Crippen molar-refractivity contribution in [3.8, 4) is 5.75 Å². The standard InChI is InChI=1S/C15H21NO3/c1-11(17)13-6-3-7-14(8-13)19-10-15(18)16-9-12-4-2-5-12/h3,6-8,11-12,17H,2,4-5,9-10H2,1H3,(H,16,18)/t11-/m1/s1. The van der Waals surface area contributed by atoms with Gasteiger partial charge in [0.15, 0.2) is 6.61 Å². The molecule has 0 unspecified atom stereocenters. The smallest absolute Gasteiger partial charge is 0.257 e. The Hall–Kier alpha value is -1.55. The molecule has 1 amide bonds. The van der Waals surface area contributed by atoms with Crippen LogP contribution in [0.2, 0.25) is 0 Å². The number of carbonyl (C=O) groups excluding carboxylic acids is 1. The van der Waals surface area contributed by atoms with Gasteiger partial charge in [0.2, 0.25) is 0 Å². The van der Waals surface area contributed by atoms with Crippen LogP contribution >= 0.6 is 0 Å². The van der Waals surface area contributed by atoms with Crippen molar-refractivity contribution in [3.63, 3.8) is 0 Å². The Morgan fingerprint density at radius 3 is 2.95 bits per heavy atom. The quantitative estimate of drug-likeness (QED) is 0.825. The minimum atomic E-state index is -0.531. The fourth-order valence-electron chi connectivity index (χ4n) is 2.02. The van der Waals surface area contributed by atoms with E-state index in [0.717, 1.165) is 12.1 Å². The van der Waals surface area contributed by atoms with Crippen molar-refractivity contribution in [1.29, 1.82) is 0 Å². The molecule has 19 heavy (non-hydrogen) atoms. The second kappa shape index (κ2) is 6.57. The molecule has 1 atom stereocenters. The number of benzene rings is 1. The lowest BCUT2D eigenvalue weighted by atomic mass is 9.85.